The number of aliphatic hydroxyl groups excluding tert-OH is 1. The smallest absolute Gasteiger partial charge is 0.319 e. The first-order valence-electron chi connectivity index (χ1n) is 11.3. The maximum Gasteiger partial charge on any atom is 0.319 e. The van der Waals surface area contributed by atoms with Crippen LogP contribution >= 0.6 is 0 Å². The predicted molar refractivity (Wildman–Crippen MR) is 131 cm³/mol. The van der Waals surface area contributed by atoms with Crippen molar-refractivity contribution < 1.29 is 9.90 Å². The van der Waals surface area contributed by atoms with Crippen LogP contribution in [0.15, 0.2) is 89.1 Å². The summed E-state index contributed by atoms with van der Waals surface area (Å²) in [7, 11) is 0. The number of rotatable bonds is 7. The number of nitrogens with one attached hydrogen (secondary N) is 2. The molecule has 33 heavy (non-hydrogen) atoms. The summed E-state index contributed by atoms with van der Waals surface area (Å²) in [5.41, 5.74) is 4.41. The van der Waals surface area contributed by atoms with Crippen molar-refractivity contribution in [2.75, 3.05) is 29.9 Å². The highest BCUT2D eigenvalue weighted by Crippen LogP contribution is 2.23. The van der Waals surface area contributed by atoms with Crippen molar-refractivity contribution in [1.29, 1.82) is 0 Å². The van der Waals surface area contributed by atoms with Crippen LogP contribution in [0, 0.1) is 5.92 Å². The standard InChI is InChI=1S/C26H29N5O2/c32-19-21-14-16-31(17-15-21)25-12-6-20(7-13-25)18-27-26(33)28-22-8-10-24(11-9-22)30-29-23-4-2-1-3-5-23/h1-13,21,32H,14-19H2,(H2,27,28,33). The van der Waals surface area contributed by atoms with Gasteiger partial charge in [-0.3, -0.25) is 0 Å². The number of piperidine rings is 1. The topological polar surface area (TPSA) is 89.3 Å². The number of azo groups is 1. The van der Waals surface area contributed by atoms with E-state index in [2.05, 4.69) is 37.9 Å². The number of hydrogen-bond acceptors (Lipinski definition) is 5. The normalized spacial score (nSPS) is 14.4. The lowest BCUT2D eigenvalue weighted by Crippen LogP contribution is -2.34. The molecule has 0 unspecified atom stereocenters. The second kappa shape index (κ2) is 11.2. The molecular weight excluding hydrogens is 414 g/mol. The molecule has 1 heterocycles. The molecule has 1 saturated heterocycles. The molecule has 1 aliphatic heterocycles. The zero-order valence-electron chi connectivity index (χ0n) is 18.5. The Kier molecular flexibility index (Phi) is 7.66. The van der Waals surface area contributed by atoms with Crippen molar-refractivity contribution in [3.8, 4) is 0 Å². The Morgan fingerprint density at radius 1 is 0.879 bits per heavy atom. The molecule has 0 saturated carbocycles. The van der Waals surface area contributed by atoms with Crippen LogP contribution in [0.25, 0.3) is 0 Å². The van der Waals surface area contributed by atoms with Gasteiger partial charge < -0.3 is 20.6 Å². The molecule has 0 radical (unpaired) electrons. The Bertz CT molecular complexity index is 1040. The number of amides is 2. The summed E-state index contributed by atoms with van der Waals surface area (Å²) >= 11 is 0. The number of carbonyl (C=O) groups excluding carboxylic acids is 1. The molecule has 0 spiro atoms. The van der Waals surface area contributed by atoms with E-state index in [0.29, 0.717) is 23.8 Å². The second-order valence-corrected chi connectivity index (χ2v) is 8.17. The van der Waals surface area contributed by atoms with E-state index in [-0.39, 0.29) is 12.6 Å². The molecule has 3 aromatic rings. The van der Waals surface area contributed by atoms with Crippen LogP contribution in [0.2, 0.25) is 0 Å². The van der Waals surface area contributed by atoms with Gasteiger partial charge in [0.15, 0.2) is 0 Å². The first kappa shape index (κ1) is 22.5. The summed E-state index contributed by atoms with van der Waals surface area (Å²) in [5.74, 6) is 0.429. The van der Waals surface area contributed by atoms with Gasteiger partial charge in [0.1, 0.15) is 0 Å². The van der Waals surface area contributed by atoms with Crippen LogP contribution in [0.5, 0.6) is 0 Å². The number of nitrogens with zero attached hydrogens (tertiary/aromatic N) is 3. The van der Waals surface area contributed by atoms with E-state index in [0.717, 1.165) is 37.2 Å². The summed E-state index contributed by atoms with van der Waals surface area (Å²) in [4.78, 5) is 14.6. The van der Waals surface area contributed by atoms with Gasteiger partial charge in [0.05, 0.1) is 11.4 Å². The van der Waals surface area contributed by atoms with E-state index in [1.807, 2.05) is 54.6 Å². The predicted octanol–water partition coefficient (Wildman–Crippen LogP) is 5.63. The molecule has 7 nitrogen and oxygen atoms in total. The molecule has 3 N–H and O–H groups in total. The third-order valence-electron chi connectivity index (χ3n) is 5.79. The van der Waals surface area contributed by atoms with Crippen molar-refractivity contribution in [2.24, 2.45) is 16.1 Å². The molecule has 0 bridgehead atoms. The van der Waals surface area contributed by atoms with Crippen molar-refractivity contribution in [3.63, 3.8) is 0 Å². The Morgan fingerprint density at radius 2 is 1.52 bits per heavy atom. The van der Waals surface area contributed by atoms with Crippen molar-refractivity contribution in [3.05, 3.63) is 84.4 Å². The summed E-state index contributed by atoms with van der Waals surface area (Å²) in [6, 6.07) is 24.8. The van der Waals surface area contributed by atoms with Crippen LogP contribution in [0.4, 0.5) is 27.5 Å². The zero-order chi connectivity index (χ0) is 22.9. The summed E-state index contributed by atoms with van der Waals surface area (Å²) < 4.78 is 0. The number of anilines is 2. The fraction of sp³-hybridized carbons (Fsp3) is 0.269. The molecule has 2 amide bonds. The SMILES string of the molecule is O=C(NCc1ccc(N2CCC(CO)CC2)cc1)Nc1ccc(N=Nc2ccccc2)cc1. The number of hydrogen-bond donors (Lipinski definition) is 3. The zero-order valence-corrected chi connectivity index (χ0v) is 18.5. The molecule has 0 atom stereocenters. The van der Waals surface area contributed by atoms with Crippen molar-refractivity contribution in [2.45, 2.75) is 19.4 Å². The minimum Gasteiger partial charge on any atom is -0.396 e. The molecule has 1 fully saturated rings. The van der Waals surface area contributed by atoms with E-state index in [9.17, 15) is 9.90 Å². The molecule has 0 aliphatic carbocycles. The van der Waals surface area contributed by atoms with Gasteiger partial charge in [-0.15, -0.1) is 0 Å². The van der Waals surface area contributed by atoms with Gasteiger partial charge in [0.25, 0.3) is 0 Å². The highest BCUT2D eigenvalue weighted by Gasteiger charge is 2.18. The number of aliphatic hydroxyl groups is 1. The Hall–Kier alpha value is -3.71. The monoisotopic (exact) mass is 443 g/mol. The van der Waals surface area contributed by atoms with Crippen LogP contribution in [-0.2, 0) is 6.54 Å². The Labute approximate surface area is 194 Å². The van der Waals surface area contributed by atoms with Gasteiger partial charge >= 0.3 is 6.03 Å². The van der Waals surface area contributed by atoms with Gasteiger partial charge in [-0.2, -0.15) is 10.2 Å². The average Bonchev–Trinajstić information content (AvgIpc) is 2.88. The first-order valence-corrected chi connectivity index (χ1v) is 11.3. The molecule has 3 aromatic carbocycles. The molecule has 170 valence electrons. The van der Waals surface area contributed by atoms with E-state index >= 15 is 0 Å². The fourth-order valence-electron chi connectivity index (χ4n) is 3.78. The highest BCUT2D eigenvalue weighted by molar-refractivity contribution is 5.89. The quantitative estimate of drug-likeness (QED) is 0.413. The van der Waals surface area contributed by atoms with E-state index in [1.54, 1.807) is 12.1 Å². The Balaban J connectivity index is 1.22. The number of carbonyl (C=O) groups is 1. The summed E-state index contributed by atoms with van der Waals surface area (Å²) in [6.45, 7) is 2.67. The van der Waals surface area contributed by atoms with Crippen LogP contribution in [0.3, 0.4) is 0 Å². The number of urea groups is 1. The van der Waals surface area contributed by atoms with Gasteiger partial charge in [0.2, 0.25) is 0 Å². The van der Waals surface area contributed by atoms with E-state index < -0.39 is 0 Å². The first-order chi connectivity index (χ1) is 16.2. The minimum atomic E-state index is -0.260. The lowest BCUT2D eigenvalue weighted by Gasteiger charge is -2.33. The average molecular weight is 444 g/mol. The molecule has 4 rings (SSSR count). The fourth-order valence-corrected chi connectivity index (χ4v) is 3.78. The van der Waals surface area contributed by atoms with Crippen molar-refractivity contribution in [1.82, 2.24) is 5.32 Å². The minimum absolute atomic E-state index is 0.260. The van der Waals surface area contributed by atoms with Gasteiger partial charge in [0, 0.05) is 37.6 Å². The molecule has 7 heteroatoms. The number of benzene rings is 3. The maximum atomic E-state index is 12.3. The van der Waals surface area contributed by atoms with Gasteiger partial charge in [-0.1, -0.05) is 30.3 Å². The summed E-state index contributed by atoms with van der Waals surface area (Å²) in [6.07, 6.45) is 2.05. The largest absolute Gasteiger partial charge is 0.396 e. The molecular formula is C26H29N5O2. The molecule has 0 aromatic heterocycles. The van der Waals surface area contributed by atoms with Crippen LogP contribution in [0.1, 0.15) is 18.4 Å². The van der Waals surface area contributed by atoms with E-state index in [4.69, 9.17) is 0 Å². The lowest BCUT2D eigenvalue weighted by atomic mass is 9.97. The third kappa shape index (κ3) is 6.63. The highest BCUT2D eigenvalue weighted by atomic mass is 16.3. The van der Waals surface area contributed by atoms with Crippen LogP contribution in [-0.4, -0.2) is 30.8 Å². The van der Waals surface area contributed by atoms with Crippen molar-refractivity contribution >= 4 is 28.8 Å². The third-order valence-corrected chi connectivity index (χ3v) is 5.79. The second-order valence-electron chi connectivity index (χ2n) is 8.17. The molecule has 1 aliphatic rings. The van der Waals surface area contributed by atoms with Gasteiger partial charge in [-0.05, 0) is 72.9 Å². The van der Waals surface area contributed by atoms with Gasteiger partial charge in [-0.25, -0.2) is 4.79 Å². The Morgan fingerprint density at radius 3 is 2.15 bits per heavy atom. The lowest BCUT2D eigenvalue weighted by molar-refractivity contribution is 0.203. The van der Waals surface area contributed by atoms with Crippen LogP contribution < -0.4 is 15.5 Å². The van der Waals surface area contributed by atoms with E-state index in [1.165, 1.54) is 5.69 Å². The summed E-state index contributed by atoms with van der Waals surface area (Å²) in [5, 5.41) is 23.4. The maximum absolute atomic E-state index is 12.3.